The number of hydrogen-bond donors (Lipinski definition) is 0. The molecule has 90 valence electrons. The zero-order valence-electron chi connectivity index (χ0n) is 9.90. The average molecular weight is 294 g/mol. The van der Waals surface area contributed by atoms with Crippen molar-refractivity contribution in [1.82, 2.24) is 4.98 Å². The lowest BCUT2D eigenvalue weighted by Gasteiger charge is -2.14. The van der Waals surface area contributed by atoms with Crippen LogP contribution < -0.4 is 4.74 Å². The number of halogens is 1. The Morgan fingerprint density at radius 1 is 1.29 bits per heavy atom. The van der Waals surface area contributed by atoms with Gasteiger partial charge in [0, 0.05) is 11.6 Å². The van der Waals surface area contributed by atoms with E-state index in [4.69, 9.17) is 4.74 Å². The Bertz CT molecular complexity index is 481. The molecule has 1 aromatic carbocycles. The Balaban J connectivity index is 2.18. The van der Waals surface area contributed by atoms with Gasteiger partial charge in [-0.3, -0.25) is 4.98 Å². The Morgan fingerprint density at radius 2 is 2.18 bits per heavy atom. The van der Waals surface area contributed by atoms with Crippen LogP contribution >= 0.6 is 15.9 Å². The van der Waals surface area contributed by atoms with Gasteiger partial charge in [-0.15, -0.1) is 0 Å². The van der Waals surface area contributed by atoms with E-state index in [9.17, 15) is 0 Å². The number of nitrogens with zero attached hydrogens (tertiary/aromatic N) is 1. The van der Waals surface area contributed by atoms with Crippen LogP contribution in [0.25, 0.3) is 10.9 Å². The van der Waals surface area contributed by atoms with Crippen molar-refractivity contribution in [2.45, 2.75) is 31.2 Å². The van der Waals surface area contributed by atoms with Gasteiger partial charge in [0.05, 0.1) is 5.52 Å². The van der Waals surface area contributed by atoms with E-state index >= 15 is 0 Å². The summed E-state index contributed by atoms with van der Waals surface area (Å²) >= 11 is 3.56. The zero-order valence-corrected chi connectivity index (χ0v) is 11.5. The summed E-state index contributed by atoms with van der Waals surface area (Å²) in [5.74, 6) is 0.897. The summed E-state index contributed by atoms with van der Waals surface area (Å²) in [6, 6.07) is 9.94. The number of unbranched alkanes of at least 4 members (excludes halogenated alkanes) is 1. The van der Waals surface area contributed by atoms with Crippen molar-refractivity contribution in [1.29, 1.82) is 0 Å². The highest BCUT2D eigenvalue weighted by Crippen LogP contribution is 2.26. The number of rotatable bonds is 5. The van der Waals surface area contributed by atoms with Crippen LogP contribution in [0.4, 0.5) is 0 Å². The summed E-state index contributed by atoms with van der Waals surface area (Å²) in [6.07, 6.45) is 5.17. The van der Waals surface area contributed by atoms with Gasteiger partial charge in [0.15, 0.2) is 5.01 Å². The van der Waals surface area contributed by atoms with Gasteiger partial charge in [-0.2, -0.15) is 0 Å². The molecule has 0 fully saturated rings. The Labute approximate surface area is 110 Å². The lowest BCUT2D eigenvalue weighted by molar-refractivity contribution is 0.282. The number of aromatic nitrogens is 1. The first-order valence-electron chi connectivity index (χ1n) is 5.95. The molecule has 0 aliphatic carbocycles. The first-order chi connectivity index (χ1) is 8.31. The quantitative estimate of drug-likeness (QED) is 0.756. The fourth-order valence-electron chi connectivity index (χ4n) is 1.74. The number of benzene rings is 1. The molecule has 1 unspecified atom stereocenters. The van der Waals surface area contributed by atoms with Gasteiger partial charge in [0.25, 0.3) is 0 Å². The van der Waals surface area contributed by atoms with Crippen molar-refractivity contribution < 1.29 is 4.74 Å². The second-order valence-corrected chi connectivity index (χ2v) is 5.02. The minimum atomic E-state index is 0.0771. The molecule has 2 nitrogen and oxygen atoms in total. The molecule has 0 saturated carbocycles. The highest BCUT2D eigenvalue weighted by Gasteiger charge is 2.08. The SMILES string of the molecule is CCCCC(Br)Oc1cccc2ncccc12. The molecule has 1 aromatic heterocycles. The summed E-state index contributed by atoms with van der Waals surface area (Å²) < 4.78 is 5.91. The summed E-state index contributed by atoms with van der Waals surface area (Å²) in [5.41, 5.74) is 0.972. The summed E-state index contributed by atoms with van der Waals surface area (Å²) in [6.45, 7) is 2.18. The van der Waals surface area contributed by atoms with Gasteiger partial charge in [-0.25, -0.2) is 0 Å². The third kappa shape index (κ3) is 3.19. The van der Waals surface area contributed by atoms with E-state index < -0.39 is 0 Å². The van der Waals surface area contributed by atoms with E-state index in [2.05, 4.69) is 27.8 Å². The topological polar surface area (TPSA) is 22.1 Å². The van der Waals surface area contributed by atoms with Crippen LogP contribution in [-0.2, 0) is 0 Å². The van der Waals surface area contributed by atoms with Crippen LogP contribution in [0.5, 0.6) is 5.75 Å². The maximum atomic E-state index is 5.91. The molecule has 0 saturated heterocycles. The van der Waals surface area contributed by atoms with Crippen molar-refractivity contribution in [2.75, 3.05) is 0 Å². The molecule has 0 amide bonds. The molecular formula is C14H16BrNO. The van der Waals surface area contributed by atoms with Crippen molar-refractivity contribution >= 4 is 26.8 Å². The Morgan fingerprint density at radius 3 is 3.00 bits per heavy atom. The molecule has 2 aromatic rings. The zero-order chi connectivity index (χ0) is 12.1. The van der Waals surface area contributed by atoms with Gasteiger partial charge in [-0.1, -0.05) is 19.4 Å². The molecule has 1 heterocycles. The van der Waals surface area contributed by atoms with Crippen molar-refractivity contribution in [3.63, 3.8) is 0 Å². The fraction of sp³-hybridized carbons (Fsp3) is 0.357. The minimum Gasteiger partial charge on any atom is -0.479 e. The molecule has 0 aliphatic heterocycles. The summed E-state index contributed by atoms with van der Waals surface area (Å²) in [7, 11) is 0. The summed E-state index contributed by atoms with van der Waals surface area (Å²) in [5, 5.41) is 1.14. The van der Waals surface area contributed by atoms with E-state index in [1.807, 2.05) is 30.3 Å². The number of alkyl halides is 1. The van der Waals surface area contributed by atoms with Gasteiger partial charge < -0.3 is 4.74 Å². The smallest absolute Gasteiger partial charge is 0.153 e. The maximum Gasteiger partial charge on any atom is 0.153 e. The number of ether oxygens (including phenoxy) is 1. The highest BCUT2D eigenvalue weighted by atomic mass is 79.9. The van der Waals surface area contributed by atoms with E-state index in [0.717, 1.165) is 23.1 Å². The molecule has 2 rings (SSSR count). The Hall–Kier alpha value is -1.09. The molecule has 0 aliphatic rings. The number of pyridine rings is 1. The first-order valence-corrected chi connectivity index (χ1v) is 6.87. The minimum absolute atomic E-state index is 0.0771. The van der Waals surface area contributed by atoms with Gasteiger partial charge in [-0.05, 0) is 53.0 Å². The fourth-order valence-corrected chi connectivity index (χ4v) is 2.26. The van der Waals surface area contributed by atoms with E-state index in [0.29, 0.717) is 0 Å². The monoisotopic (exact) mass is 293 g/mol. The predicted octanol–water partition coefficient (Wildman–Crippen LogP) is 4.52. The third-order valence-corrected chi connectivity index (χ3v) is 3.29. The highest BCUT2D eigenvalue weighted by molar-refractivity contribution is 9.09. The number of fused-ring (bicyclic) bond motifs is 1. The molecule has 17 heavy (non-hydrogen) atoms. The molecule has 3 heteroatoms. The van der Waals surface area contributed by atoms with Gasteiger partial charge in [0.1, 0.15) is 5.75 Å². The van der Waals surface area contributed by atoms with Crippen molar-refractivity contribution in [3.05, 3.63) is 36.5 Å². The lowest BCUT2D eigenvalue weighted by Crippen LogP contribution is -2.07. The third-order valence-electron chi connectivity index (χ3n) is 2.65. The second-order valence-electron chi connectivity index (χ2n) is 4.00. The van der Waals surface area contributed by atoms with E-state index in [-0.39, 0.29) is 5.01 Å². The second kappa shape index (κ2) is 6.01. The molecule has 1 atom stereocenters. The number of hydrogen-bond acceptors (Lipinski definition) is 2. The molecule has 0 radical (unpaired) electrons. The molecule has 0 spiro atoms. The molecular weight excluding hydrogens is 278 g/mol. The van der Waals surface area contributed by atoms with Crippen molar-refractivity contribution in [2.24, 2.45) is 0 Å². The van der Waals surface area contributed by atoms with Crippen LogP contribution in [0, 0.1) is 0 Å². The standard InChI is InChI=1S/C14H16BrNO/c1-2-3-9-14(15)17-13-8-4-7-12-11(13)6-5-10-16-12/h4-8,10,14H,2-3,9H2,1H3. The molecule has 0 N–H and O–H groups in total. The molecule has 0 bridgehead atoms. The maximum absolute atomic E-state index is 5.91. The van der Waals surface area contributed by atoms with Crippen LogP contribution in [0.3, 0.4) is 0 Å². The normalized spacial score (nSPS) is 12.6. The first kappa shape index (κ1) is 12.4. The van der Waals surface area contributed by atoms with Crippen LogP contribution in [0.1, 0.15) is 26.2 Å². The van der Waals surface area contributed by atoms with Crippen LogP contribution in [0.2, 0.25) is 0 Å². The van der Waals surface area contributed by atoms with E-state index in [1.54, 1.807) is 6.20 Å². The van der Waals surface area contributed by atoms with Crippen molar-refractivity contribution in [3.8, 4) is 5.75 Å². The largest absolute Gasteiger partial charge is 0.479 e. The Kier molecular flexibility index (Phi) is 4.37. The lowest BCUT2D eigenvalue weighted by atomic mass is 10.2. The summed E-state index contributed by atoms with van der Waals surface area (Å²) in [4.78, 5) is 4.32. The van der Waals surface area contributed by atoms with Gasteiger partial charge >= 0.3 is 0 Å². The van der Waals surface area contributed by atoms with E-state index in [1.165, 1.54) is 12.8 Å². The van der Waals surface area contributed by atoms with Gasteiger partial charge in [0.2, 0.25) is 0 Å². The van der Waals surface area contributed by atoms with Crippen LogP contribution in [-0.4, -0.2) is 10.00 Å². The predicted molar refractivity (Wildman–Crippen MR) is 74.6 cm³/mol. The average Bonchev–Trinajstić information content (AvgIpc) is 2.37. The van der Waals surface area contributed by atoms with Crippen LogP contribution in [0.15, 0.2) is 36.5 Å².